The van der Waals surface area contributed by atoms with Crippen molar-refractivity contribution >= 4 is 23.6 Å². The molecule has 2 rings (SSSR count). The van der Waals surface area contributed by atoms with Gasteiger partial charge in [-0.25, -0.2) is 4.79 Å². The van der Waals surface area contributed by atoms with E-state index >= 15 is 0 Å². The quantitative estimate of drug-likeness (QED) is 0.358. The number of alkyl carbamates (subject to hydrolysis) is 1. The smallest absolute Gasteiger partial charge is 0.408 e. The fourth-order valence-electron chi connectivity index (χ4n) is 3.95. The number of ether oxygens (including phenoxy) is 1. The molecule has 0 saturated heterocycles. The van der Waals surface area contributed by atoms with Crippen LogP contribution in [-0.2, 0) is 14.3 Å². The lowest BCUT2D eigenvalue weighted by Gasteiger charge is -2.31. The zero-order valence-corrected chi connectivity index (χ0v) is 23.1. The van der Waals surface area contributed by atoms with Gasteiger partial charge in [0.05, 0.1) is 0 Å². The first-order chi connectivity index (χ1) is 17.2. The van der Waals surface area contributed by atoms with Crippen LogP contribution in [-0.4, -0.2) is 34.5 Å². The molecule has 2 unspecified atom stereocenters. The summed E-state index contributed by atoms with van der Waals surface area (Å²) in [7, 11) is 0. The Morgan fingerprint density at radius 2 is 1.57 bits per heavy atom. The van der Waals surface area contributed by atoms with Gasteiger partial charge in [-0.3, -0.25) is 14.5 Å². The summed E-state index contributed by atoms with van der Waals surface area (Å²) in [5, 5.41) is 5.63. The third-order valence-electron chi connectivity index (χ3n) is 5.70. The second kappa shape index (κ2) is 12.4. The molecule has 0 aliphatic rings. The van der Waals surface area contributed by atoms with Crippen LogP contribution in [0.1, 0.15) is 69.3 Å². The predicted molar refractivity (Wildman–Crippen MR) is 147 cm³/mol. The molecule has 7 nitrogen and oxygen atoms in total. The number of nitrogens with one attached hydrogen (secondary N) is 2. The fraction of sp³-hybridized carbons (Fsp3) is 0.433. The van der Waals surface area contributed by atoms with Gasteiger partial charge >= 0.3 is 6.09 Å². The fourth-order valence-corrected chi connectivity index (χ4v) is 3.95. The topological polar surface area (TPSA) is 87.7 Å². The number of aryl methyl sites for hydroxylation is 3. The number of amides is 3. The molecule has 0 fully saturated rings. The SMILES string of the molecule is C#CN(C(=O)C(CC(C)C)NC(=O)OC(C)(C)C)C(C(=O)Nc1c(C)cccc1C)c1ccc(C)cc1. The van der Waals surface area contributed by atoms with E-state index in [4.69, 9.17) is 11.2 Å². The minimum absolute atomic E-state index is 0.0600. The Balaban J connectivity index is 2.49. The number of carbonyl (C=O) groups is 3. The predicted octanol–water partition coefficient (Wildman–Crippen LogP) is 5.65. The molecule has 2 aromatic carbocycles. The van der Waals surface area contributed by atoms with E-state index in [0.29, 0.717) is 17.7 Å². The second-order valence-electron chi connectivity index (χ2n) is 10.7. The van der Waals surface area contributed by atoms with E-state index in [2.05, 4.69) is 16.7 Å². The van der Waals surface area contributed by atoms with Gasteiger partial charge in [0.2, 0.25) is 0 Å². The van der Waals surface area contributed by atoms with Crippen LogP contribution in [0.2, 0.25) is 0 Å². The summed E-state index contributed by atoms with van der Waals surface area (Å²) in [5.41, 5.74) is 3.26. The summed E-state index contributed by atoms with van der Waals surface area (Å²) >= 11 is 0. The Morgan fingerprint density at radius 1 is 1.00 bits per heavy atom. The van der Waals surface area contributed by atoms with Crippen molar-refractivity contribution in [3.8, 4) is 12.5 Å². The van der Waals surface area contributed by atoms with Gasteiger partial charge in [-0.15, -0.1) is 0 Å². The molecule has 0 saturated carbocycles. The summed E-state index contributed by atoms with van der Waals surface area (Å²) in [6, 6.07) is 13.3. The molecule has 0 aromatic heterocycles. The average Bonchev–Trinajstić information content (AvgIpc) is 2.78. The van der Waals surface area contributed by atoms with Crippen LogP contribution >= 0.6 is 0 Å². The molecule has 0 spiro atoms. The number of hydrogen-bond acceptors (Lipinski definition) is 4. The molecule has 2 atom stereocenters. The van der Waals surface area contributed by atoms with E-state index < -0.39 is 35.6 Å². The number of carbonyl (C=O) groups excluding carboxylic acids is 3. The monoisotopic (exact) mass is 505 g/mol. The van der Waals surface area contributed by atoms with Crippen molar-refractivity contribution in [1.29, 1.82) is 0 Å². The van der Waals surface area contributed by atoms with Crippen molar-refractivity contribution in [2.75, 3.05) is 5.32 Å². The first-order valence-electron chi connectivity index (χ1n) is 12.5. The van der Waals surface area contributed by atoms with Crippen molar-refractivity contribution in [2.45, 2.75) is 79.5 Å². The van der Waals surface area contributed by atoms with Gasteiger partial charge in [0.1, 0.15) is 17.7 Å². The number of benzene rings is 2. The van der Waals surface area contributed by atoms with Gasteiger partial charge in [-0.05, 0) is 70.6 Å². The molecule has 198 valence electrons. The zero-order chi connectivity index (χ0) is 27.9. The maximum Gasteiger partial charge on any atom is 0.408 e. The number of rotatable bonds is 8. The maximum absolute atomic E-state index is 13.8. The van der Waals surface area contributed by atoms with E-state index in [1.807, 2.05) is 65.0 Å². The number of para-hydroxylation sites is 1. The van der Waals surface area contributed by atoms with Crippen molar-refractivity contribution in [3.63, 3.8) is 0 Å². The van der Waals surface area contributed by atoms with Gasteiger partial charge < -0.3 is 15.4 Å². The minimum atomic E-state index is -1.12. The summed E-state index contributed by atoms with van der Waals surface area (Å²) in [6.45, 7) is 14.8. The zero-order valence-electron chi connectivity index (χ0n) is 23.1. The lowest BCUT2D eigenvalue weighted by atomic mass is 9.98. The normalized spacial score (nSPS) is 12.8. The molecule has 37 heavy (non-hydrogen) atoms. The molecule has 0 heterocycles. The van der Waals surface area contributed by atoms with Gasteiger partial charge in [-0.2, -0.15) is 0 Å². The van der Waals surface area contributed by atoms with E-state index in [1.165, 1.54) is 0 Å². The molecule has 3 amide bonds. The summed E-state index contributed by atoms with van der Waals surface area (Å²) in [4.78, 5) is 41.2. The molecule has 0 aliphatic heterocycles. The molecule has 0 radical (unpaired) electrons. The lowest BCUT2D eigenvalue weighted by molar-refractivity contribution is -0.137. The van der Waals surface area contributed by atoms with Crippen LogP contribution in [0, 0.1) is 39.2 Å². The summed E-state index contributed by atoms with van der Waals surface area (Å²) in [5.74, 6) is -0.956. The average molecular weight is 506 g/mol. The molecule has 0 bridgehead atoms. The highest BCUT2D eigenvalue weighted by molar-refractivity contribution is 6.00. The van der Waals surface area contributed by atoms with Gasteiger partial charge in [0.25, 0.3) is 11.8 Å². The summed E-state index contributed by atoms with van der Waals surface area (Å²) < 4.78 is 5.37. The lowest BCUT2D eigenvalue weighted by Crippen LogP contribution is -2.51. The molecular formula is C30H39N3O4. The number of terminal acetylenes is 1. The van der Waals surface area contributed by atoms with Gasteiger partial charge in [0.15, 0.2) is 0 Å². The molecule has 2 N–H and O–H groups in total. The third-order valence-corrected chi connectivity index (χ3v) is 5.70. The molecule has 7 heteroatoms. The largest absolute Gasteiger partial charge is 0.444 e. The van der Waals surface area contributed by atoms with E-state index in [0.717, 1.165) is 21.6 Å². The summed E-state index contributed by atoms with van der Waals surface area (Å²) in [6.07, 6.45) is 5.45. The van der Waals surface area contributed by atoms with Crippen LogP contribution in [0.5, 0.6) is 0 Å². The highest BCUT2D eigenvalue weighted by Crippen LogP contribution is 2.27. The van der Waals surface area contributed by atoms with Gasteiger partial charge in [-0.1, -0.05) is 68.3 Å². The van der Waals surface area contributed by atoms with Crippen LogP contribution in [0.25, 0.3) is 0 Å². The minimum Gasteiger partial charge on any atom is -0.444 e. The Hall–Kier alpha value is -3.79. The third kappa shape index (κ3) is 8.38. The van der Waals surface area contributed by atoms with Crippen LogP contribution in [0.4, 0.5) is 10.5 Å². The molecule has 0 aliphatic carbocycles. The molecule has 2 aromatic rings. The first-order valence-corrected chi connectivity index (χ1v) is 12.5. The highest BCUT2D eigenvalue weighted by atomic mass is 16.6. The number of hydrogen-bond donors (Lipinski definition) is 2. The van der Waals surface area contributed by atoms with Crippen molar-refractivity contribution in [1.82, 2.24) is 10.2 Å². The van der Waals surface area contributed by atoms with Crippen LogP contribution in [0.3, 0.4) is 0 Å². The van der Waals surface area contributed by atoms with Crippen molar-refractivity contribution < 1.29 is 19.1 Å². The van der Waals surface area contributed by atoms with E-state index in [9.17, 15) is 14.4 Å². The molecular weight excluding hydrogens is 466 g/mol. The second-order valence-corrected chi connectivity index (χ2v) is 10.7. The van der Waals surface area contributed by atoms with Crippen LogP contribution < -0.4 is 10.6 Å². The number of anilines is 1. The Kier molecular flexibility index (Phi) is 9.90. The van der Waals surface area contributed by atoms with E-state index in [1.54, 1.807) is 32.9 Å². The van der Waals surface area contributed by atoms with Gasteiger partial charge in [0, 0.05) is 11.7 Å². The maximum atomic E-state index is 13.8. The Morgan fingerprint density at radius 3 is 2.05 bits per heavy atom. The Labute approximate surface area is 221 Å². The highest BCUT2D eigenvalue weighted by Gasteiger charge is 2.36. The van der Waals surface area contributed by atoms with E-state index in [-0.39, 0.29) is 5.92 Å². The first kappa shape index (κ1) is 29.4. The number of nitrogens with zero attached hydrogens (tertiary/aromatic N) is 1. The van der Waals surface area contributed by atoms with Crippen LogP contribution in [0.15, 0.2) is 42.5 Å². The standard InChI is InChI=1S/C30H39N3O4/c1-10-33(28(35)24(18-19(2)3)31-29(36)37-30(7,8)9)26(23-16-14-20(4)15-17-23)27(34)32-25-21(5)12-11-13-22(25)6/h1,11-17,19,24,26H,18H2,2-9H3,(H,31,36)(H,32,34). The van der Waals surface area contributed by atoms with Crippen molar-refractivity contribution in [2.24, 2.45) is 5.92 Å². The van der Waals surface area contributed by atoms with Crippen molar-refractivity contribution in [3.05, 3.63) is 64.7 Å². The Bertz CT molecular complexity index is 1140.